The maximum absolute atomic E-state index is 11.7. The molecule has 1 aromatic rings. The molecule has 0 aliphatic carbocycles. The Morgan fingerprint density at radius 1 is 1.12 bits per heavy atom. The van der Waals surface area contributed by atoms with E-state index in [1.807, 2.05) is 27.7 Å². The highest BCUT2D eigenvalue weighted by molar-refractivity contribution is 5.97. The number of carbonyl (C=O) groups excluding carboxylic acids is 2. The van der Waals surface area contributed by atoms with E-state index in [4.69, 9.17) is 0 Å². The highest BCUT2D eigenvalue weighted by Gasteiger charge is 2.21. The number of nitrogens with one attached hydrogen (secondary N) is 1. The maximum atomic E-state index is 11.7. The summed E-state index contributed by atoms with van der Waals surface area (Å²) in [5.41, 5.74) is 0.983. The van der Waals surface area contributed by atoms with Crippen LogP contribution in [0.15, 0.2) is 24.3 Å². The summed E-state index contributed by atoms with van der Waals surface area (Å²) < 4.78 is 0. The number of anilines is 1. The van der Waals surface area contributed by atoms with Crippen molar-refractivity contribution in [1.29, 1.82) is 0 Å². The first kappa shape index (κ1) is 13.4. The molecule has 1 amide bonds. The normalized spacial score (nSPS) is 11.1. The molecule has 0 atom stereocenters. The fraction of sp³-hybridized carbons (Fsp3) is 0.429. The van der Waals surface area contributed by atoms with Crippen LogP contribution in [0.4, 0.5) is 5.69 Å². The van der Waals surface area contributed by atoms with Crippen molar-refractivity contribution < 1.29 is 9.59 Å². The Morgan fingerprint density at radius 2 is 1.65 bits per heavy atom. The number of ketones is 1. The molecule has 92 valence electrons. The van der Waals surface area contributed by atoms with E-state index in [9.17, 15) is 9.59 Å². The average Bonchev–Trinajstić information content (AvgIpc) is 2.27. The lowest BCUT2D eigenvalue weighted by Gasteiger charge is -2.17. The van der Waals surface area contributed by atoms with Gasteiger partial charge in [-0.3, -0.25) is 9.59 Å². The standard InChI is InChI=1S/C14H19NO2/c1-5-12(16)10-6-8-11(9-7-10)15-13(17)14(2,3)4/h6-9H,5H2,1-4H3,(H,15,17). The third kappa shape index (κ3) is 3.70. The van der Waals surface area contributed by atoms with Crippen molar-refractivity contribution in [2.24, 2.45) is 5.41 Å². The average molecular weight is 233 g/mol. The van der Waals surface area contributed by atoms with Crippen molar-refractivity contribution in [1.82, 2.24) is 0 Å². The van der Waals surface area contributed by atoms with Crippen molar-refractivity contribution in [2.75, 3.05) is 5.32 Å². The number of benzene rings is 1. The molecule has 0 fully saturated rings. The summed E-state index contributed by atoms with van der Waals surface area (Å²) in [5, 5.41) is 2.82. The minimum Gasteiger partial charge on any atom is -0.326 e. The molecule has 3 heteroatoms. The Morgan fingerprint density at radius 3 is 2.06 bits per heavy atom. The first-order chi connectivity index (χ1) is 7.84. The molecule has 1 rings (SSSR count). The van der Waals surface area contributed by atoms with E-state index in [-0.39, 0.29) is 11.7 Å². The van der Waals surface area contributed by atoms with Crippen LogP contribution in [-0.2, 0) is 4.79 Å². The summed E-state index contributed by atoms with van der Waals surface area (Å²) in [4.78, 5) is 23.1. The lowest BCUT2D eigenvalue weighted by atomic mass is 9.95. The summed E-state index contributed by atoms with van der Waals surface area (Å²) in [6.45, 7) is 7.41. The molecule has 0 unspecified atom stereocenters. The van der Waals surface area contributed by atoms with Crippen LogP contribution in [0.25, 0.3) is 0 Å². The van der Waals surface area contributed by atoms with E-state index >= 15 is 0 Å². The molecule has 1 aromatic carbocycles. The molecule has 0 radical (unpaired) electrons. The first-order valence-electron chi connectivity index (χ1n) is 5.79. The third-order valence-corrected chi connectivity index (χ3v) is 2.47. The number of carbonyl (C=O) groups is 2. The molecular formula is C14H19NO2. The topological polar surface area (TPSA) is 46.2 Å². The van der Waals surface area contributed by atoms with Gasteiger partial charge in [0.2, 0.25) is 5.91 Å². The van der Waals surface area contributed by atoms with Crippen LogP contribution in [0.2, 0.25) is 0 Å². The zero-order valence-corrected chi connectivity index (χ0v) is 10.8. The summed E-state index contributed by atoms with van der Waals surface area (Å²) in [6, 6.07) is 6.99. The summed E-state index contributed by atoms with van der Waals surface area (Å²) in [6.07, 6.45) is 0.494. The van der Waals surface area contributed by atoms with Crippen molar-refractivity contribution in [3.05, 3.63) is 29.8 Å². The second-order valence-electron chi connectivity index (χ2n) is 5.06. The Kier molecular flexibility index (Phi) is 4.05. The first-order valence-corrected chi connectivity index (χ1v) is 5.79. The van der Waals surface area contributed by atoms with E-state index in [1.165, 1.54) is 0 Å². The lowest BCUT2D eigenvalue weighted by molar-refractivity contribution is -0.123. The van der Waals surface area contributed by atoms with Gasteiger partial charge in [0.15, 0.2) is 5.78 Å². The van der Waals surface area contributed by atoms with Crippen LogP contribution in [0.5, 0.6) is 0 Å². The summed E-state index contributed by atoms with van der Waals surface area (Å²) in [7, 11) is 0. The molecule has 0 aliphatic heterocycles. The summed E-state index contributed by atoms with van der Waals surface area (Å²) in [5.74, 6) is 0.0748. The predicted molar refractivity (Wildman–Crippen MR) is 69.1 cm³/mol. The van der Waals surface area contributed by atoms with Gasteiger partial charge in [0.05, 0.1) is 0 Å². The molecule has 0 heterocycles. The number of rotatable bonds is 3. The van der Waals surface area contributed by atoms with Crippen LogP contribution in [0.3, 0.4) is 0 Å². The van der Waals surface area contributed by atoms with E-state index in [2.05, 4.69) is 5.32 Å². The van der Waals surface area contributed by atoms with Gasteiger partial charge in [0.25, 0.3) is 0 Å². The maximum Gasteiger partial charge on any atom is 0.229 e. The number of hydrogen-bond donors (Lipinski definition) is 1. The molecule has 0 saturated carbocycles. The molecule has 0 aromatic heterocycles. The second-order valence-corrected chi connectivity index (χ2v) is 5.06. The smallest absolute Gasteiger partial charge is 0.229 e. The second kappa shape index (κ2) is 5.13. The Balaban J connectivity index is 2.76. The summed E-state index contributed by atoms with van der Waals surface area (Å²) >= 11 is 0. The van der Waals surface area contributed by atoms with Crippen LogP contribution >= 0.6 is 0 Å². The third-order valence-electron chi connectivity index (χ3n) is 2.47. The largest absolute Gasteiger partial charge is 0.326 e. The molecule has 0 bridgehead atoms. The van der Waals surface area contributed by atoms with E-state index < -0.39 is 5.41 Å². The molecular weight excluding hydrogens is 214 g/mol. The molecule has 1 N–H and O–H groups in total. The van der Waals surface area contributed by atoms with Gasteiger partial charge in [-0.05, 0) is 24.3 Å². The van der Waals surface area contributed by atoms with Crippen molar-refractivity contribution in [2.45, 2.75) is 34.1 Å². The SMILES string of the molecule is CCC(=O)c1ccc(NC(=O)C(C)(C)C)cc1. The van der Waals surface area contributed by atoms with Crippen molar-refractivity contribution >= 4 is 17.4 Å². The quantitative estimate of drug-likeness (QED) is 0.814. The van der Waals surface area contributed by atoms with E-state index in [0.717, 1.165) is 5.69 Å². The Labute approximate surface area is 102 Å². The molecule has 17 heavy (non-hydrogen) atoms. The van der Waals surface area contributed by atoms with Crippen LogP contribution in [-0.4, -0.2) is 11.7 Å². The van der Waals surface area contributed by atoms with Crippen LogP contribution in [0, 0.1) is 5.41 Å². The van der Waals surface area contributed by atoms with E-state index in [1.54, 1.807) is 24.3 Å². The fourth-order valence-electron chi connectivity index (χ4n) is 1.26. The highest BCUT2D eigenvalue weighted by atomic mass is 16.2. The zero-order chi connectivity index (χ0) is 13.1. The fourth-order valence-corrected chi connectivity index (χ4v) is 1.26. The Bertz CT molecular complexity index is 413. The minimum atomic E-state index is -0.419. The van der Waals surface area contributed by atoms with Gasteiger partial charge in [-0.1, -0.05) is 27.7 Å². The van der Waals surface area contributed by atoms with Gasteiger partial charge >= 0.3 is 0 Å². The van der Waals surface area contributed by atoms with Crippen LogP contribution < -0.4 is 5.32 Å². The van der Waals surface area contributed by atoms with Crippen LogP contribution in [0.1, 0.15) is 44.5 Å². The van der Waals surface area contributed by atoms with Gasteiger partial charge < -0.3 is 5.32 Å². The number of Topliss-reactive ketones (excluding diaryl/α,β-unsaturated/α-hetero) is 1. The van der Waals surface area contributed by atoms with Gasteiger partial charge in [-0.25, -0.2) is 0 Å². The molecule has 0 spiro atoms. The van der Waals surface area contributed by atoms with E-state index in [0.29, 0.717) is 12.0 Å². The molecule has 3 nitrogen and oxygen atoms in total. The van der Waals surface area contributed by atoms with Gasteiger partial charge in [-0.2, -0.15) is 0 Å². The number of hydrogen-bond acceptors (Lipinski definition) is 2. The predicted octanol–water partition coefficient (Wildman–Crippen LogP) is 3.26. The monoisotopic (exact) mass is 233 g/mol. The molecule has 0 saturated heterocycles. The number of amides is 1. The molecule has 0 aliphatic rings. The highest BCUT2D eigenvalue weighted by Crippen LogP contribution is 2.18. The van der Waals surface area contributed by atoms with Gasteiger partial charge in [0, 0.05) is 23.1 Å². The minimum absolute atomic E-state index is 0.0351. The van der Waals surface area contributed by atoms with Gasteiger partial charge in [0.1, 0.15) is 0 Å². The Hall–Kier alpha value is -1.64. The van der Waals surface area contributed by atoms with Crippen molar-refractivity contribution in [3.63, 3.8) is 0 Å². The van der Waals surface area contributed by atoms with Gasteiger partial charge in [-0.15, -0.1) is 0 Å². The van der Waals surface area contributed by atoms with Crippen molar-refractivity contribution in [3.8, 4) is 0 Å². The lowest BCUT2D eigenvalue weighted by Crippen LogP contribution is -2.27. The zero-order valence-electron chi connectivity index (χ0n) is 10.8.